The number of rotatable bonds is 5. The van der Waals surface area contributed by atoms with Crippen molar-refractivity contribution in [1.29, 1.82) is 0 Å². The van der Waals surface area contributed by atoms with E-state index in [2.05, 4.69) is 10.6 Å². The van der Waals surface area contributed by atoms with Gasteiger partial charge in [-0.05, 0) is 42.4 Å². The molecule has 5 rings (SSSR count). The van der Waals surface area contributed by atoms with E-state index in [0.29, 0.717) is 17.9 Å². The van der Waals surface area contributed by atoms with Gasteiger partial charge in [0.2, 0.25) is 17.7 Å². The van der Waals surface area contributed by atoms with E-state index in [-0.39, 0.29) is 38.4 Å². The van der Waals surface area contributed by atoms with Crippen LogP contribution in [0, 0.1) is 5.92 Å². The van der Waals surface area contributed by atoms with Crippen molar-refractivity contribution in [2.24, 2.45) is 5.92 Å². The van der Waals surface area contributed by atoms with Crippen molar-refractivity contribution in [2.75, 3.05) is 6.54 Å². The lowest BCUT2D eigenvalue weighted by Gasteiger charge is -2.29. The van der Waals surface area contributed by atoms with Crippen molar-refractivity contribution >= 4 is 41.7 Å². The van der Waals surface area contributed by atoms with Crippen LogP contribution in [0.25, 0.3) is 0 Å². The van der Waals surface area contributed by atoms with Gasteiger partial charge in [-0.2, -0.15) is 13.2 Å². The van der Waals surface area contributed by atoms with Crippen LogP contribution in [-0.2, 0) is 37.0 Å². The van der Waals surface area contributed by atoms with Crippen LogP contribution < -0.4 is 10.6 Å². The third kappa shape index (κ3) is 7.90. The molecule has 1 aromatic carbocycles. The number of nitrogens with one attached hydrogen (secondary N) is 2. The lowest BCUT2D eigenvalue weighted by atomic mass is 10.0. The molecule has 10 nitrogen and oxygen atoms in total. The summed E-state index contributed by atoms with van der Waals surface area (Å²) in [5.74, 6) is -2.14. The fourth-order valence-electron chi connectivity index (χ4n) is 6.70. The number of halogens is 4. The van der Waals surface area contributed by atoms with E-state index in [1.807, 2.05) is 6.07 Å². The second-order valence-electron chi connectivity index (χ2n) is 12.6. The molecule has 0 radical (unpaired) electrons. The third-order valence-electron chi connectivity index (χ3n) is 9.33. The molecule has 1 aromatic rings. The zero-order valence-electron chi connectivity index (χ0n) is 24.9. The molecule has 0 aromatic heterocycles. The van der Waals surface area contributed by atoms with E-state index in [1.165, 1.54) is 9.80 Å². The number of amides is 4. The van der Waals surface area contributed by atoms with Crippen LogP contribution in [0.4, 0.5) is 18.0 Å². The van der Waals surface area contributed by atoms with Crippen LogP contribution in [0.3, 0.4) is 0 Å². The van der Waals surface area contributed by atoms with E-state index < -0.39 is 66.6 Å². The van der Waals surface area contributed by atoms with Crippen LogP contribution in [-0.4, -0.2) is 76.3 Å². The van der Waals surface area contributed by atoms with Crippen molar-refractivity contribution in [1.82, 2.24) is 20.4 Å². The van der Waals surface area contributed by atoms with Gasteiger partial charge in [-0.1, -0.05) is 55.8 Å². The number of hydrogen-bond acceptors (Lipinski definition) is 6. The van der Waals surface area contributed by atoms with Crippen molar-refractivity contribution in [2.45, 2.75) is 114 Å². The Bertz CT molecular complexity index is 1330. The van der Waals surface area contributed by atoms with Crippen LogP contribution in [0.2, 0.25) is 5.02 Å². The number of carbonyl (C=O) groups is 5. The van der Waals surface area contributed by atoms with E-state index in [4.69, 9.17) is 16.3 Å². The number of ether oxygens (including phenoxy) is 1. The molecule has 246 valence electrons. The number of fused-ring (bicyclic) bond motifs is 3. The predicted molar refractivity (Wildman–Crippen MR) is 156 cm³/mol. The zero-order valence-corrected chi connectivity index (χ0v) is 25.6. The summed E-state index contributed by atoms with van der Waals surface area (Å²) in [7, 11) is 0. The van der Waals surface area contributed by atoms with Gasteiger partial charge in [0.15, 0.2) is 0 Å². The van der Waals surface area contributed by atoms with Gasteiger partial charge in [-0.25, -0.2) is 4.79 Å². The number of alkyl halides is 3. The number of nitrogens with zero attached hydrogens (tertiary/aromatic N) is 2. The molecule has 1 saturated carbocycles. The molecule has 0 unspecified atom stereocenters. The van der Waals surface area contributed by atoms with Crippen molar-refractivity contribution < 1.29 is 41.9 Å². The van der Waals surface area contributed by atoms with Crippen LogP contribution in [0.1, 0.15) is 81.8 Å². The van der Waals surface area contributed by atoms with Gasteiger partial charge in [0.1, 0.15) is 24.5 Å². The highest BCUT2D eigenvalue weighted by Gasteiger charge is 2.56. The molecule has 45 heavy (non-hydrogen) atoms. The summed E-state index contributed by atoms with van der Waals surface area (Å²) in [6.45, 7) is 0.363. The standard InChI is InChI=1S/C31H38ClF3N4O6/c32-23-9-6-7-19-15-38(17-22(19)23)29(44)45-21-13-25-27(42)37-30(18-40)14-20(30)8-4-2-1-3-5-10-24(28(43)39(25)16-21)36-26(41)11-12-31(33,34)35/h6-7,9,18,20-21,24-25H,1-5,8,10-17H2,(H,36,41)(H,37,42)/t20-,21-,24+,25+,30+/m1/s1. The molecule has 4 amide bonds. The maximum absolute atomic E-state index is 13.9. The van der Waals surface area contributed by atoms with Crippen LogP contribution in [0.15, 0.2) is 18.2 Å². The molecule has 14 heteroatoms. The number of carbonyl (C=O) groups excluding carboxylic acids is 5. The summed E-state index contributed by atoms with van der Waals surface area (Å²) in [4.78, 5) is 68.1. The van der Waals surface area contributed by atoms with E-state index in [1.54, 1.807) is 12.1 Å². The molecule has 2 N–H and O–H groups in total. The van der Waals surface area contributed by atoms with E-state index >= 15 is 0 Å². The largest absolute Gasteiger partial charge is 0.444 e. The quantitative estimate of drug-likeness (QED) is 0.454. The van der Waals surface area contributed by atoms with Crippen LogP contribution >= 0.6 is 11.6 Å². The normalized spacial score (nSPS) is 29.0. The topological polar surface area (TPSA) is 125 Å². The van der Waals surface area contributed by atoms with Gasteiger partial charge in [0, 0.05) is 24.4 Å². The Labute approximate surface area is 264 Å². The Hall–Kier alpha value is -3.35. The fraction of sp³-hybridized carbons (Fsp3) is 0.645. The Balaban J connectivity index is 1.33. The maximum Gasteiger partial charge on any atom is 0.410 e. The van der Waals surface area contributed by atoms with Crippen molar-refractivity contribution in [3.05, 3.63) is 34.3 Å². The predicted octanol–water partition coefficient (Wildman–Crippen LogP) is 4.41. The monoisotopic (exact) mass is 654 g/mol. The van der Waals surface area contributed by atoms with Crippen molar-refractivity contribution in [3.63, 3.8) is 0 Å². The van der Waals surface area contributed by atoms with Gasteiger partial charge in [-0.15, -0.1) is 0 Å². The van der Waals surface area contributed by atoms with Gasteiger partial charge in [0.25, 0.3) is 0 Å². The molecule has 0 bridgehead atoms. The molecule has 4 aliphatic rings. The Morgan fingerprint density at radius 3 is 2.56 bits per heavy atom. The second-order valence-corrected chi connectivity index (χ2v) is 13.0. The Morgan fingerprint density at radius 1 is 1.11 bits per heavy atom. The highest BCUT2D eigenvalue weighted by atomic mass is 35.5. The minimum atomic E-state index is -4.53. The van der Waals surface area contributed by atoms with Gasteiger partial charge < -0.3 is 25.1 Å². The van der Waals surface area contributed by atoms with Crippen LogP contribution in [0.5, 0.6) is 0 Å². The lowest BCUT2D eigenvalue weighted by Crippen LogP contribution is -2.55. The summed E-state index contributed by atoms with van der Waals surface area (Å²) < 4.78 is 44.1. The first-order valence-electron chi connectivity index (χ1n) is 15.6. The third-order valence-corrected chi connectivity index (χ3v) is 9.69. The summed E-state index contributed by atoms with van der Waals surface area (Å²) >= 11 is 6.29. The Morgan fingerprint density at radius 2 is 1.84 bits per heavy atom. The SMILES string of the molecule is O=C[C@@]12C[C@H]1CCCCCCC[C@H](NC(=O)CCC(F)(F)F)C(=O)N1C[C@H](OC(=O)N3Cc4cccc(Cl)c4C3)C[C@H]1C(=O)N2. The van der Waals surface area contributed by atoms with Gasteiger partial charge in [0.05, 0.1) is 25.0 Å². The smallest absolute Gasteiger partial charge is 0.410 e. The Kier molecular flexibility index (Phi) is 9.95. The molecule has 0 spiro atoms. The molecular formula is C31H38ClF3N4O6. The molecular weight excluding hydrogens is 617 g/mol. The number of aldehydes is 1. The minimum absolute atomic E-state index is 0.00690. The summed E-state index contributed by atoms with van der Waals surface area (Å²) in [6.07, 6.45) is -2.16. The fourth-order valence-corrected chi connectivity index (χ4v) is 6.95. The summed E-state index contributed by atoms with van der Waals surface area (Å²) in [6, 6.07) is 3.11. The molecule has 3 fully saturated rings. The zero-order chi connectivity index (χ0) is 32.4. The first kappa shape index (κ1) is 33.0. The maximum atomic E-state index is 13.9. The lowest BCUT2D eigenvalue weighted by molar-refractivity contribution is -0.146. The molecule has 5 atom stereocenters. The highest BCUT2D eigenvalue weighted by molar-refractivity contribution is 6.31. The molecule has 3 heterocycles. The molecule has 2 saturated heterocycles. The average molecular weight is 655 g/mol. The van der Waals surface area contributed by atoms with E-state index in [9.17, 15) is 37.1 Å². The second kappa shape index (κ2) is 13.6. The first-order valence-corrected chi connectivity index (χ1v) is 15.9. The molecule has 1 aliphatic carbocycles. The number of benzene rings is 1. The average Bonchev–Trinajstić information content (AvgIpc) is 3.29. The first-order chi connectivity index (χ1) is 21.4. The summed E-state index contributed by atoms with van der Waals surface area (Å²) in [5, 5.41) is 5.84. The highest BCUT2D eigenvalue weighted by Crippen LogP contribution is 2.46. The van der Waals surface area contributed by atoms with E-state index in [0.717, 1.165) is 49.5 Å². The minimum Gasteiger partial charge on any atom is -0.444 e. The summed E-state index contributed by atoms with van der Waals surface area (Å²) in [5.41, 5.74) is 0.675. The van der Waals surface area contributed by atoms with Gasteiger partial charge in [-0.3, -0.25) is 19.3 Å². The van der Waals surface area contributed by atoms with Gasteiger partial charge >= 0.3 is 12.3 Å². The van der Waals surface area contributed by atoms with Crippen molar-refractivity contribution in [3.8, 4) is 0 Å². The number of hydrogen-bond donors (Lipinski definition) is 2. The molecule has 3 aliphatic heterocycles.